The van der Waals surface area contributed by atoms with E-state index in [-0.39, 0.29) is 0 Å². The molecule has 2 rings (SSSR count). The van der Waals surface area contributed by atoms with Crippen LogP contribution in [-0.2, 0) is 0 Å². The largest absolute Gasteiger partial charge is 0.341 e. The predicted molar refractivity (Wildman–Crippen MR) is 52.2 cm³/mol. The zero-order valence-corrected chi connectivity index (χ0v) is 7.85. The summed E-state index contributed by atoms with van der Waals surface area (Å²) in [5.74, 6) is 6.10. The number of hydrogen-bond donors (Lipinski definition) is 3. The molecule has 0 amide bonds. The highest BCUT2D eigenvalue weighted by Gasteiger charge is 2.04. The van der Waals surface area contributed by atoms with Gasteiger partial charge in [-0.3, -0.25) is 5.43 Å². The Hall–Kier alpha value is -1.40. The van der Waals surface area contributed by atoms with Crippen LogP contribution >= 0.6 is 11.3 Å². The number of imidazole rings is 1. The van der Waals surface area contributed by atoms with Crippen LogP contribution in [0, 0.1) is 6.92 Å². The van der Waals surface area contributed by atoms with Gasteiger partial charge in [0.2, 0.25) is 0 Å². The minimum absolute atomic E-state index is 0.697. The Labute approximate surface area is 79.0 Å². The molecule has 0 bridgehead atoms. The minimum Gasteiger partial charge on any atom is -0.341 e. The minimum atomic E-state index is 0.697. The lowest BCUT2D eigenvalue weighted by molar-refractivity contribution is 1.15. The summed E-state index contributed by atoms with van der Waals surface area (Å²) < 4.78 is 0. The lowest BCUT2D eigenvalue weighted by Crippen LogP contribution is -2.05. The molecule has 0 spiro atoms. The molecule has 4 N–H and O–H groups in total. The van der Waals surface area contributed by atoms with Crippen molar-refractivity contribution in [3.8, 4) is 11.4 Å². The van der Waals surface area contributed by atoms with Gasteiger partial charge in [0.05, 0.1) is 11.9 Å². The molecule has 0 aliphatic rings. The van der Waals surface area contributed by atoms with Crippen LogP contribution in [0.3, 0.4) is 0 Å². The van der Waals surface area contributed by atoms with Gasteiger partial charge in [-0.25, -0.2) is 15.8 Å². The van der Waals surface area contributed by atoms with Gasteiger partial charge in [-0.05, 0) is 6.92 Å². The Morgan fingerprint density at radius 3 is 3.00 bits per heavy atom. The molecule has 0 saturated carbocycles. The summed E-state index contributed by atoms with van der Waals surface area (Å²) in [6.07, 6.45) is 1.75. The molecule has 2 heterocycles. The molecule has 0 aliphatic carbocycles. The molecule has 5 nitrogen and oxygen atoms in total. The van der Waals surface area contributed by atoms with Crippen LogP contribution in [0.4, 0.5) is 5.13 Å². The highest BCUT2D eigenvalue weighted by Crippen LogP contribution is 2.22. The predicted octanol–water partition coefficient (Wildman–Crippen LogP) is 1.13. The number of nitrogen functional groups attached to an aromatic ring is 1. The molecular formula is C7H9N5S. The smallest absolute Gasteiger partial charge is 0.197 e. The number of nitrogens with two attached hydrogens (primary N) is 1. The zero-order chi connectivity index (χ0) is 9.26. The first-order valence-corrected chi connectivity index (χ1v) is 4.61. The topological polar surface area (TPSA) is 79.6 Å². The third kappa shape index (κ3) is 1.53. The van der Waals surface area contributed by atoms with Crippen LogP contribution in [0.25, 0.3) is 11.4 Å². The summed E-state index contributed by atoms with van der Waals surface area (Å²) in [5.41, 5.74) is 4.27. The fraction of sp³-hybridized carbons (Fsp3) is 0.143. The quantitative estimate of drug-likeness (QED) is 0.495. The highest BCUT2D eigenvalue weighted by molar-refractivity contribution is 7.14. The van der Waals surface area contributed by atoms with E-state index in [1.54, 1.807) is 6.20 Å². The van der Waals surface area contributed by atoms with E-state index in [1.165, 1.54) is 11.3 Å². The number of aryl methyl sites for hydroxylation is 1. The van der Waals surface area contributed by atoms with Crippen molar-refractivity contribution in [2.75, 3.05) is 5.43 Å². The van der Waals surface area contributed by atoms with Crippen LogP contribution in [0.1, 0.15) is 5.82 Å². The third-order valence-electron chi connectivity index (χ3n) is 1.61. The van der Waals surface area contributed by atoms with Crippen LogP contribution < -0.4 is 11.3 Å². The van der Waals surface area contributed by atoms with Crippen molar-refractivity contribution in [1.82, 2.24) is 15.0 Å². The summed E-state index contributed by atoms with van der Waals surface area (Å²) in [5, 5.41) is 2.62. The monoisotopic (exact) mass is 195 g/mol. The molecule has 0 aromatic carbocycles. The van der Waals surface area contributed by atoms with E-state index in [0.29, 0.717) is 5.13 Å². The molecule has 0 saturated heterocycles. The first-order chi connectivity index (χ1) is 6.29. The lowest BCUT2D eigenvalue weighted by atomic mass is 10.4. The van der Waals surface area contributed by atoms with Crippen molar-refractivity contribution in [3.05, 3.63) is 17.4 Å². The molecule has 2 aromatic rings. The number of H-pyrrole nitrogens is 1. The Balaban J connectivity index is 2.35. The van der Waals surface area contributed by atoms with E-state index in [2.05, 4.69) is 20.4 Å². The maximum atomic E-state index is 5.22. The average Bonchev–Trinajstić information content (AvgIpc) is 2.71. The van der Waals surface area contributed by atoms with E-state index in [0.717, 1.165) is 17.2 Å². The molecule has 68 valence electrons. The van der Waals surface area contributed by atoms with Crippen molar-refractivity contribution in [1.29, 1.82) is 0 Å². The van der Waals surface area contributed by atoms with E-state index < -0.39 is 0 Å². The van der Waals surface area contributed by atoms with Gasteiger partial charge in [0.25, 0.3) is 0 Å². The molecule has 0 unspecified atom stereocenters. The second kappa shape index (κ2) is 3.15. The summed E-state index contributed by atoms with van der Waals surface area (Å²) >= 11 is 1.46. The number of aromatic nitrogens is 3. The zero-order valence-electron chi connectivity index (χ0n) is 7.03. The van der Waals surface area contributed by atoms with Gasteiger partial charge in [-0.1, -0.05) is 0 Å². The number of nitrogens with one attached hydrogen (secondary N) is 2. The molecule has 0 radical (unpaired) electrons. The standard InChI is InChI=1S/C7H9N5S/c1-4-9-2-5(10-4)6-3-13-7(11-6)12-8/h2-3H,8H2,1H3,(H,9,10)(H,11,12). The van der Waals surface area contributed by atoms with Crippen LogP contribution in [-0.4, -0.2) is 15.0 Å². The van der Waals surface area contributed by atoms with Crippen molar-refractivity contribution >= 4 is 16.5 Å². The van der Waals surface area contributed by atoms with Gasteiger partial charge in [-0.2, -0.15) is 0 Å². The van der Waals surface area contributed by atoms with Gasteiger partial charge in [-0.15, -0.1) is 11.3 Å². The molecular weight excluding hydrogens is 186 g/mol. The molecule has 2 aromatic heterocycles. The number of hydrazine groups is 1. The number of anilines is 1. The summed E-state index contributed by atoms with van der Waals surface area (Å²) in [4.78, 5) is 11.4. The normalized spacial score (nSPS) is 10.3. The maximum absolute atomic E-state index is 5.22. The van der Waals surface area contributed by atoms with Gasteiger partial charge in [0.15, 0.2) is 5.13 Å². The molecule has 0 fully saturated rings. The first-order valence-electron chi connectivity index (χ1n) is 3.73. The lowest BCUT2D eigenvalue weighted by Gasteiger charge is -1.89. The SMILES string of the molecule is Cc1ncc(-c2csc(NN)n2)[nH]1. The van der Waals surface area contributed by atoms with Crippen molar-refractivity contribution in [2.45, 2.75) is 6.92 Å². The van der Waals surface area contributed by atoms with Crippen LogP contribution in [0.5, 0.6) is 0 Å². The second-order valence-corrected chi connectivity index (χ2v) is 3.42. The van der Waals surface area contributed by atoms with Gasteiger partial charge in [0.1, 0.15) is 11.5 Å². The van der Waals surface area contributed by atoms with Crippen LogP contribution in [0.2, 0.25) is 0 Å². The second-order valence-electron chi connectivity index (χ2n) is 2.56. The van der Waals surface area contributed by atoms with Crippen molar-refractivity contribution in [2.24, 2.45) is 5.84 Å². The Bertz CT molecular complexity index is 404. The van der Waals surface area contributed by atoms with Gasteiger partial charge in [0, 0.05) is 5.38 Å². The number of nitrogens with zero attached hydrogens (tertiary/aromatic N) is 2. The summed E-state index contributed by atoms with van der Waals surface area (Å²) in [6.45, 7) is 1.90. The highest BCUT2D eigenvalue weighted by atomic mass is 32.1. The van der Waals surface area contributed by atoms with E-state index in [1.807, 2.05) is 12.3 Å². The Kier molecular flexibility index (Phi) is 1.99. The van der Waals surface area contributed by atoms with Gasteiger partial charge < -0.3 is 4.98 Å². The third-order valence-corrected chi connectivity index (χ3v) is 2.38. The number of rotatable bonds is 2. The number of aromatic amines is 1. The fourth-order valence-corrected chi connectivity index (χ4v) is 1.64. The Morgan fingerprint density at radius 1 is 1.62 bits per heavy atom. The number of thiazole rings is 1. The molecule has 0 atom stereocenters. The van der Waals surface area contributed by atoms with Crippen molar-refractivity contribution in [3.63, 3.8) is 0 Å². The summed E-state index contributed by atoms with van der Waals surface area (Å²) in [6, 6.07) is 0. The fourth-order valence-electron chi connectivity index (χ4n) is 1.01. The average molecular weight is 195 g/mol. The van der Waals surface area contributed by atoms with E-state index >= 15 is 0 Å². The first kappa shape index (κ1) is 8.21. The van der Waals surface area contributed by atoms with Crippen molar-refractivity contribution < 1.29 is 0 Å². The molecule has 0 aliphatic heterocycles. The molecule has 13 heavy (non-hydrogen) atoms. The molecule has 6 heteroatoms. The number of hydrogen-bond acceptors (Lipinski definition) is 5. The maximum Gasteiger partial charge on any atom is 0.197 e. The van der Waals surface area contributed by atoms with Crippen LogP contribution in [0.15, 0.2) is 11.6 Å². The Morgan fingerprint density at radius 2 is 2.46 bits per heavy atom. The summed E-state index contributed by atoms with van der Waals surface area (Å²) in [7, 11) is 0. The van der Waals surface area contributed by atoms with E-state index in [4.69, 9.17) is 5.84 Å². The van der Waals surface area contributed by atoms with E-state index in [9.17, 15) is 0 Å². The van der Waals surface area contributed by atoms with Gasteiger partial charge >= 0.3 is 0 Å².